The van der Waals surface area contributed by atoms with Crippen molar-refractivity contribution >= 4 is 43.5 Å². The first kappa shape index (κ1) is 31.4. The van der Waals surface area contributed by atoms with Crippen LogP contribution < -0.4 is 19.1 Å². The molecule has 0 saturated heterocycles. The van der Waals surface area contributed by atoms with Crippen LogP contribution in [0.1, 0.15) is 38.8 Å². The molecule has 1 aliphatic rings. The Morgan fingerprint density at radius 3 is 2.26 bits per heavy atom. The number of amides is 2. The average molecular weight is 659 g/mol. The maximum atomic E-state index is 14.3. The van der Waals surface area contributed by atoms with Crippen molar-refractivity contribution in [2.75, 3.05) is 23.4 Å². The molecule has 0 saturated carbocycles. The highest BCUT2D eigenvalue weighted by molar-refractivity contribution is 9.10. The van der Waals surface area contributed by atoms with E-state index in [1.165, 1.54) is 11.8 Å². The van der Waals surface area contributed by atoms with E-state index in [2.05, 4.69) is 21.2 Å². The minimum Gasteiger partial charge on any atom is -0.454 e. The lowest BCUT2D eigenvalue weighted by atomic mass is 10.0. The summed E-state index contributed by atoms with van der Waals surface area (Å²) in [5.74, 6) is -0.172. The second-order valence-corrected chi connectivity index (χ2v) is 14.1. The number of benzene rings is 3. The zero-order chi connectivity index (χ0) is 30.5. The second-order valence-electron chi connectivity index (χ2n) is 11.0. The Labute approximate surface area is 256 Å². The van der Waals surface area contributed by atoms with E-state index in [1.807, 2.05) is 75.4 Å². The number of ether oxygens (including phenoxy) is 2. The van der Waals surface area contributed by atoms with Crippen LogP contribution in [-0.2, 0) is 32.6 Å². The van der Waals surface area contributed by atoms with Crippen molar-refractivity contribution in [1.82, 2.24) is 10.2 Å². The molecule has 1 atom stereocenters. The lowest BCUT2D eigenvalue weighted by Crippen LogP contribution is -2.56. The molecule has 0 radical (unpaired) electrons. The molecule has 1 heterocycles. The number of carbonyl (C=O) groups is 2. The normalized spacial score (nSPS) is 13.4. The van der Waals surface area contributed by atoms with E-state index in [0.29, 0.717) is 11.5 Å². The predicted molar refractivity (Wildman–Crippen MR) is 166 cm³/mol. The van der Waals surface area contributed by atoms with Gasteiger partial charge in [-0.3, -0.25) is 13.9 Å². The van der Waals surface area contributed by atoms with E-state index < -0.39 is 34.1 Å². The lowest BCUT2D eigenvalue weighted by Gasteiger charge is -2.35. The summed E-state index contributed by atoms with van der Waals surface area (Å²) in [5.41, 5.74) is 1.38. The summed E-state index contributed by atoms with van der Waals surface area (Å²) >= 11 is 3.44. The van der Waals surface area contributed by atoms with E-state index in [0.717, 1.165) is 19.9 Å². The fourth-order valence-corrected chi connectivity index (χ4v) is 5.87. The van der Waals surface area contributed by atoms with Crippen molar-refractivity contribution in [1.29, 1.82) is 0 Å². The van der Waals surface area contributed by atoms with Gasteiger partial charge in [0.1, 0.15) is 12.6 Å². The quantitative estimate of drug-likeness (QED) is 0.315. The van der Waals surface area contributed by atoms with Gasteiger partial charge in [-0.25, -0.2) is 8.42 Å². The number of hydrogen-bond acceptors (Lipinski definition) is 6. The van der Waals surface area contributed by atoms with Crippen LogP contribution in [0.4, 0.5) is 5.69 Å². The predicted octanol–water partition coefficient (Wildman–Crippen LogP) is 4.89. The number of halogens is 1. The molecule has 3 aromatic carbocycles. The summed E-state index contributed by atoms with van der Waals surface area (Å²) in [7, 11) is -3.89. The van der Waals surface area contributed by atoms with E-state index in [4.69, 9.17) is 9.47 Å². The minimum atomic E-state index is -3.89. The van der Waals surface area contributed by atoms with Gasteiger partial charge in [-0.2, -0.15) is 0 Å². The third-order valence-electron chi connectivity index (χ3n) is 6.66. The molecule has 0 bridgehead atoms. The first-order valence-electron chi connectivity index (χ1n) is 13.7. The van der Waals surface area contributed by atoms with Gasteiger partial charge in [-0.15, -0.1) is 0 Å². The number of nitrogens with zero attached hydrogens (tertiary/aromatic N) is 2. The zero-order valence-corrected chi connectivity index (χ0v) is 26.6. The highest BCUT2D eigenvalue weighted by Crippen LogP contribution is 2.36. The standard InChI is InChI=1S/C31H36BrN3O6S/c1-5-42(38,39)35(25-15-16-27-28(18-25)41-21-40-27)20-29(36)34(19-23-11-13-24(32)14-12-23)26(30(37)33-31(2,3)4)17-22-9-7-6-8-10-22/h6-16,18,26H,5,17,19-21H2,1-4H3,(H,33,37)/t26-/m0/s1. The van der Waals surface area contributed by atoms with Crippen molar-refractivity contribution in [2.24, 2.45) is 0 Å². The summed E-state index contributed by atoms with van der Waals surface area (Å²) in [5, 5.41) is 3.02. The van der Waals surface area contributed by atoms with Crippen LogP contribution >= 0.6 is 15.9 Å². The van der Waals surface area contributed by atoms with Gasteiger partial charge in [0.2, 0.25) is 28.6 Å². The van der Waals surface area contributed by atoms with Crippen LogP contribution in [0, 0.1) is 0 Å². The summed E-state index contributed by atoms with van der Waals surface area (Å²) in [6, 6.07) is 20.7. The monoisotopic (exact) mass is 657 g/mol. The smallest absolute Gasteiger partial charge is 0.244 e. The Kier molecular flexibility index (Phi) is 9.83. The number of fused-ring (bicyclic) bond motifs is 1. The maximum Gasteiger partial charge on any atom is 0.244 e. The van der Waals surface area contributed by atoms with E-state index >= 15 is 0 Å². The number of sulfonamides is 1. The Morgan fingerprint density at radius 1 is 0.952 bits per heavy atom. The van der Waals surface area contributed by atoms with Crippen LogP contribution in [0.2, 0.25) is 0 Å². The number of rotatable bonds is 11. The molecule has 2 amide bonds. The SMILES string of the molecule is CCS(=O)(=O)N(CC(=O)N(Cc1ccc(Br)cc1)[C@@H](Cc1ccccc1)C(=O)NC(C)(C)C)c1ccc2c(c1)OCO2. The molecule has 1 N–H and O–H groups in total. The molecule has 1 aliphatic heterocycles. The molecule has 0 aromatic heterocycles. The van der Waals surface area contributed by atoms with Crippen LogP contribution in [-0.4, -0.2) is 55.8 Å². The number of carbonyl (C=O) groups excluding carboxylic acids is 2. The highest BCUT2D eigenvalue weighted by Gasteiger charge is 2.35. The van der Waals surface area contributed by atoms with Crippen LogP contribution in [0.25, 0.3) is 0 Å². The van der Waals surface area contributed by atoms with Crippen molar-refractivity contribution in [3.05, 3.63) is 88.4 Å². The van der Waals surface area contributed by atoms with E-state index in [-0.39, 0.29) is 37.1 Å². The van der Waals surface area contributed by atoms with Crippen molar-refractivity contribution in [3.63, 3.8) is 0 Å². The topological polar surface area (TPSA) is 105 Å². The first-order valence-corrected chi connectivity index (χ1v) is 16.1. The second kappa shape index (κ2) is 13.2. The maximum absolute atomic E-state index is 14.3. The number of nitrogens with one attached hydrogen (secondary N) is 1. The Balaban J connectivity index is 1.75. The summed E-state index contributed by atoms with van der Waals surface area (Å²) in [6.45, 7) is 6.78. The van der Waals surface area contributed by atoms with Gasteiger partial charge in [0.15, 0.2) is 11.5 Å². The minimum absolute atomic E-state index is 0.0310. The van der Waals surface area contributed by atoms with Gasteiger partial charge in [0.25, 0.3) is 0 Å². The van der Waals surface area contributed by atoms with Crippen molar-refractivity contribution in [3.8, 4) is 11.5 Å². The largest absolute Gasteiger partial charge is 0.454 e. The average Bonchev–Trinajstić information content (AvgIpc) is 3.42. The fraction of sp³-hybridized carbons (Fsp3) is 0.355. The van der Waals surface area contributed by atoms with Crippen molar-refractivity contribution < 1.29 is 27.5 Å². The first-order chi connectivity index (χ1) is 19.9. The molecule has 0 spiro atoms. The molecular formula is C31H36BrN3O6S. The lowest BCUT2D eigenvalue weighted by molar-refractivity contribution is -0.140. The molecule has 0 unspecified atom stereocenters. The van der Waals surface area contributed by atoms with Gasteiger partial charge in [0, 0.05) is 29.0 Å². The van der Waals surface area contributed by atoms with Gasteiger partial charge in [-0.1, -0.05) is 58.4 Å². The molecule has 11 heteroatoms. The van der Waals surface area contributed by atoms with E-state index in [1.54, 1.807) is 18.2 Å². The summed E-state index contributed by atoms with van der Waals surface area (Å²) in [4.78, 5) is 29.6. The molecule has 224 valence electrons. The molecule has 0 aliphatic carbocycles. The highest BCUT2D eigenvalue weighted by atomic mass is 79.9. The molecule has 0 fully saturated rings. The molecule has 42 heavy (non-hydrogen) atoms. The van der Waals surface area contributed by atoms with Crippen LogP contribution in [0.3, 0.4) is 0 Å². The van der Waals surface area contributed by atoms with Gasteiger partial charge >= 0.3 is 0 Å². The van der Waals surface area contributed by atoms with Gasteiger partial charge < -0.3 is 19.7 Å². The number of anilines is 1. The third kappa shape index (κ3) is 8.04. The Hall–Kier alpha value is -3.57. The van der Waals surface area contributed by atoms with E-state index in [9.17, 15) is 18.0 Å². The van der Waals surface area contributed by atoms with Gasteiger partial charge in [-0.05, 0) is 63.1 Å². The van der Waals surface area contributed by atoms with Crippen molar-refractivity contribution in [2.45, 2.75) is 52.2 Å². The molecular weight excluding hydrogens is 622 g/mol. The Morgan fingerprint density at radius 2 is 1.62 bits per heavy atom. The molecule has 3 aromatic rings. The summed E-state index contributed by atoms with van der Waals surface area (Å²) in [6.07, 6.45) is 0.246. The number of hydrogen-bond donors (Lipinski definition) is 1. The third-order valence-corrected chi connectivity index (χ3v) is 8.93. The Bertz CT molecular complexity index is 1510. The zero-order valence-electron chi connectivity index (χ0n) is 24.2. The van der Waals surface area contributed by atoms with Crippen LogP contribution in [0.5, 0.6) is 11.5 Å². The fourth-order valence-electron chi connectivity index (χ4n) is 4.55. The summed E-state index contributed by atoms with van der Waals surface area (Å²) < 4.78 is 39.5. The molecule has 9 nitrogen and oxygen atoms in total. The van der Waals surface area contributed by atoms with Crippen LogP contribution in [0.15, 0.2) is 77.3 Å². The molecule has 4 rings (SSSR count). The van der Waals surface area contributed by atoms with Gasteiger partial charge in [0.05, 0.1) is 11.4 Å².